The molecule has 6 nitrogen and oxygen atoms in total. The summed E-state index contributed by atoms with van der Waals surface area (Å²) in [7, 11) is 1.61. The molecule has 0 heterocycles. The number of methoxy groups -OCH3 is 1. The molecule has 1 N–H and O–H groups in total. The van der Waals surface area contributed by atoms with Gasteiger partial charge < -0.3 is 19.7 Å². The van der Waals surface area contributed by atoms with Gasteiger partial charge in [-0.1, -0.05) is 38.5 Å². The lowest BCUT2D eigenvalue weighted by atomic mass is 10.1. The molecule has 2 amide bonds. The van der Waals surface area contributed by atoms with Gasteiger partial charge in [-0.05, 0) is 67.6 Å². The number of hydrogen-bond acceptors (Lipinski definition) is 4. The molecule has 0 aliphatic heterocycles. The quantitative estimate of drug-likeness (QED) is 0.496. The maximum absolute atomic E-state index is 13.2. The highest BCUT2D eigenvalue weighted by molar-refractivity contribution is 5.88. The summed E-state index contributed by atoms with van der Waals surface area (Å²) in [6.07, 6.45) is 2.42. The van der Waals surface area contributed by atoms with Crippen molar-refractivity contribution < 1.29 is 19.1 Å². The van der Waals surface area contributed by atoms with Gasteiger partial charge in [0, 0.05) is 13.1 Å². The standard InChI is InChI=1S/C26H36N2O4/c1-6-8-15-27-26(30)24(7-2)28(17-21-10-13-22(31-5)14-11-21)25(29)18-32-23-12-9-19(3)20(4)16-23/h9-14,16,24H,6-8,15,17-18H2,1-5H3,(H,27,30)/t24-/m1/s1. The summed E-state index contributed by atoms with van der Waals surface area (Å²) in [5, 5.41) is 2.97. The Hall–Kier alpha value is -3.02. The van der Waals surface area contributed by atoms with Gasteiger partial charge in [0.15, 0.2) is 6.61 Å². The third-order valence-corrected chi connectivity index (χ3v) is 5.57. The maximum Gasteiger partial charge on any atom is 0.261 e. The SMILES string of the molecule is CCCCNC(=O)[C@@H](CC)N(Cc1ccc(OC)cc1)C(=O)COc1ccc(C)c(C)c1. The van der Waals surface area contributed by atoms with Crippen molar-refractivity contribution in [2.45, 2.75) is 59.5 Å². The number of hydrogen-bond donors (Lipinski definition) is 1. The van der Waals surface area contributed by atoms with E-state index in [-0.39, 0.29) is 18.4 Å². The van der Waals surface area contributed by atoms with Gasteiger partial charge >= 0.3 is 0 Å². The predicted octanol–water partition coefficient (Wildman–Crippen LogP) is 4.41. The molecule has 6 heteroatoms. The van der Waals surface area contributed by atoms with E-state index in [1.807, 2.05) is 63.2 Å². The largest absolute Gasteiger partial charge is 0.497 e. The highest BCUT2D eigenvalue weighted by Crippen LogP contribution is 2.19. The van der Waals surface area contributed by atoms with E-state index in [2.05, 4.69) is 12.2 Å². The van der Waals surface area contributed by atoms with Gasteiger partial charge in [0.2, 0.25) is 5.91 Å². The van der Waals surface area contributed by atoms with E-state index in [1.54, 1.807) is 12.0 Å². The zero-order valence-electron chi connectivity index (χ0n) is 19.9. The molecular weight excluding hydrogens is 404 g/mol. The van der Waals surface area contributed by atoms with Gasteiger partial charge in [-0.3, -0.25) is 9.59 Å². The van der Waals surface area contributed by atoms with E-state index in [4.69, 9.17) is 9.47 Å². The lowest BCUT2D eigenvalue weighted by molar-refractivity contribution is -0.143. The van der Waals surface area contributed by atoms with Crippen LogP contribution < -0.4 is 14.8 Å². The Bertz CT molecular complexity index is 880. The van der Waals surface area contributed by atoms with Crippen LogP contribution in [0.4, 0.5) is 0 Å². The second-order valence-electron chi connectivity index (χ2n) is 7.97. The summed E-state index contributed by atoms with van der Waals surface area (Å²) >= 11 is 0. The average molecular weight is 441 g/mol. The second kappa shape index (κ2) is 12.7. The third-order valence-electron chi connectivity index (χ3n) is 5.57. The third kappa shape index (κ3) is 7.29. The molecule has 0 unspecified atom stereocenters. The number of unbranched alkanes of at least 4 members (excludes halogenated alkanes) is 1. The van der Waals surface area contributed by atoms with Crippen LogP contribution in [0, 0.1) is 13.8 Å². The Morgan fingerprint density at radius 2 is 1.69 bits per heavy atom. The van der Waals surface area contributed by atoms with Gasteiger partial charge in [0.1, 0.15) is 17.5 Å². The number of ether oxygens (including phenoxy) is 2. The van der Waals surface area contributed by atoms with Gasteiger partial charge in [-0.25, -0.2) is 0 Å². The molecule has 1 atom stereocenters. The van der Waals surface area contributed by atoms with E-state index in [0.717, 1.165) is 29.7 Å². The van der Waals surface area contributed by atoms with Gasteiger partial charge in [-0.15, -0.1) is 0 Å². The molecule has 0 fully saturated rings. The lowest BCUT2D eigenvalue weighted by Gasteiger charge is -2.30. The van der Waals surface area contributed by atoms with E-state index in [0.29, 0.717) is 25.3 Å². The number of nitrogens with one attached hydrogen (secondary N) is 1. The van der Waals surface area contributed by atoms with E-state index in [9.17, 15) is 9.59 Å². The zero-order chi connectivity index (χ0) is 23.5. The second-order valence-corrected chi connectivity index (χ2v) is 7.97. The fourth-order valence-electron chi connectivity index (χ4n) is 3.38. The summed E-state index contributed by atoms with van der Waals surface area (Å²) in [5.74, 6) is 1.03. The van der Waals surface area contributed by atoms with Crippen LogP contribution in [-0.2, 0) is 16.1 Å². The fourth-order valence-corrected chi connectivity index (χ4v) is 3.38. The smallest absolute Gasteiger partial charge is 0.261 e. The van der Waals surface area contributed by atoms with E-state index < -0.39 is 6.04 Å². The summed E-state index contributed by atoms with van der Waals surface area (Å²) in [6.45, 7) is 8.83. The van der Waals surface area contributed by atoms with Crippen molar-refractivity contribution in [3.05, 3.63) is 59.2 Å². The van der Waals surface area contributed by atoms with Crippen LogP contribution in [0.1, 0.15) is 49.8 Å². The zero-order valence-corrected chi connectivity index (χ0v) is 19.9. The minimum absolute atomic E-state index is 0.128. The number of nitrogens with zero attached hydrogens (tertiary/aromatic N) is 1. The molecule has 32 heavy (non-hydrogen) atoms. The molecule has 2 aromatic carbocycles. The Balaban J connectivity index is 2.18. The van der Waals surface area contributed by atoms with Crippen LogP contribution in [0.2, 0.25) is 0 Å². The van der Waals surface area contributed by atoms with Crippen LogP contribution >= 0.6 is 0 Å². The minimum atomic E-state index is -0.565. The Morgan fingerprint density at radius 3 is 2.28 bits per heavy atom. The van der Waals surface area contributed by atoms with E-state index in [1.165, 1.54) is 5.56 Å². The number of benzene rings is 2. The molecule has 0 saturated heterocycles. The van der Waals surface area contributed by atoms with Crippen molar-refractivity contribution in [3.63, 3.8) is 0 Å². The molecule has 0 aromatic heterocycles. The molecular formula is C26H36N2O4. The van der Waals surface area contributed by atoms with Crippen molar-refractivity contribution in [1.82, 2.24) is 10.2 Å². The fraction of sp³-hybridized carbons (Fsp3) is 0.462. The van der Waals surface area contributed by atoms with Gasteiger partial charge in [0.25, 0.3) is 5.91 Å². The molecule has 0 radical (unpaired) electrons. The first kappa shape index (κ1) is 25.2. The molecule has 0 aliphatic carbocycles. The van der Waals surface area contributed by atoms with Crippen LogP contribution in [0.3, 0.4) is 0 Å². The lowest BCUT2D eigenvalue weighted by Crippen LogP contribution is -2.50. The normalized spacial score (nSPS) is 11.5. The van der Waals surface area contributed by atoms with Crippen molar-refractivity contribution in [1.29, 1.82) is 0 Å². The number of rotatable bonds is 12. The number of carbonyl (C=O) groups is 2. The van der Waals surface area contributed by atoms with E-state index >= 15 is 0 Å². The first-order chi connectivity index (χ1) is 15.4. The van der Waals surface area contributed by atoms with Crippen LogP contribution in [0.25, 0.3) is 0 Å². The molecule has 174 valence electrons. The van der Waals surface area contributed by atoms with Crippen molar-refractivity contribution in [2.75, 3.05) is 20.3 Å². The van der Waals surface area contributed by atoms with Crippen molar-refractivity contribution >= 4 is 11.8 Å². The van der Waals surface area contributed by atoms with Crippen LogP contribution in [0.15, 0.2) is 42.5 Å². The van der Waals surface area contributed by atoms with Gasteiger partial charge in [0.05, 0.1) is 7.11 Å². The minimum Gasteiger partial charge on any atom is -0.497 e. The average Bonchev–Trinajstić information content (AvgIpc) is 2.80. The molecule has 0 aliphatic rings. The number of amides is 2. The van der Waals surface area contributed by atoms with Crippen LogP contribution in [-0.4, -0.2) is 43.0 Å². The topological polar surface area (TPSA) is 67.9 Å². The Labute approximate surface area is 191 Å². The molecule has 0 spiro atoms. The number of aryl methyl sites for hydroxylation is 2. The Kier molecular flexibility index (Phi) is 10.1. The maximum atomic E-state index is 13.2. The summed E-state index contributed by atoms with van der Waals surface area (Å²) < 4.78 is 11.0. The van der Waals surface area contributed by atoms with Crippen molar-refractivity contribution in [3.8, 4) is 11.5 Å². The summed E-state index contributed by atoms with van der Waals surface area (Å²) in [6, 6.07) is 12.7. The summed E-state index contributed by atoms with van der Waals surface area (Å²) in [5.41, 5.74) is 3.19. The summed E-state index contributed by atoms with van der Waals surface area (Å²) in [4.78, 5) is 27.7. The molecule has 2 aromatic rings. The molecule has 0 bridgehead atoms. The molecule has 2 rings (SSSR count). The van der Waals surface area contributed by atoms with Crippen LogP contribution in [0.5, 0.6) is 11.5 Å². The van der Waals surface area contributed by atoms with Crippen molar-refractivity contribution in [2.24, 2.45) is 0 Å². The number of carbonyl (C=O) groups excluding carboxylic acids is 2. The monoisotopic (exact) mass is 440 g/mol. The molecule has 0 saturated carbocycles. The highest BCUT2D eigenvalue weighted by atomic mass is 16.5. The Morgan fingerprint density at radius 1 is 1.00 bits per heavy atom. The highest BCUT2D eigenvalue weighted by Gasteiger charge is 2.28. The predicted molar refractivity (Wildman–Crippen MR) is 127 cm³/mol. The first-order valence-corrected chi connectivity index (χ1v) is 11.3. The first-order valence-electron chi connectivity index (χ1n) is 11.3. The van der Waals surface area contributed by atoms with Gasteiger partial charge in [-0.2, -0.15) is 0 Å².